The van der Waals surface area contributed by atoms with E-state index in [0.29, 0.717) is 11.8 Å². The van der Waals surface area contributed by atoms with E-state index in [1.54, 1.807) is 0 Å². The maximum absolute atomic E-state index is 13.9. The van der Waals surface area contributed by atoms with E-state index >= 15 is 0 Å². The molecule has 2 unspecified atom stereocenters. The monoisotopic (exact) mass is 252 g/mol. The van der Waals surface area contributed by atoms with E-state index in [2.05, 4.69) is 0 Å². The van der Waals surface area contributed by atoms with Crippen LogP contribution in [0, 0.1) is 23.5 Å². The largest absolute Gasteiger partial charge is 0.399 e. The van der Waals surface area contributed by atoms with Gasteiger partial charge >= 0.3 is 0 Å². The highest BCUT2D eigenvalue weighted by Gasteiger charge is 2.36. The van der Waals surface area contributed by atoms with Gasteiger partial charge in [0.2, 0.25) is 0 Å². The third-order valence-electron chi connectivity index (χ3n) is 4.33. The smallest absolute Gasteiger partial charge is 0.151 e. The Labute approximate surface area is 106 Å². The fourth-order valence-electron chi connectivity index (χ4n) is 3.48. The molecule has 4 heteroatoms. The molecule has 2 nitrogen and oxygen atoms in total. The first-order chi connectivity index (χ1) is 8.65. The van der Waals surface area contributed by atoms with Crippen molar-refractivity contribution in [1.82, 2.24) is 0 Å². The molecule has 1 aliphatic carbocycles. The molecule has 0 aromatic heterocycles. The van der Waals surface area contributed by atoms with Gasteiger partial charge in [0, 0.05) is 18.8 Å². The number of nitrogens with zero attached hydrogens (tertiary/aromatic N) is 1. The molecule has 1 saturated heterocycles. The zero-order valence-electron chi connectivity index (χ0n) is 10.3. The number of fused-ring (bicyclic) bond motifs is 1. The van der Waals surface area contributed by atoms with Gasteiger partial charge in [-0.3, -0.25) is 0 Å². The van der Waals surface area contributed by atoms with Crippen molar-refractivity contribution in [2.45, 2.75) is 25.7 Å². The predicted octanol–water partition coefficient (Wildman–Crippen LogP) is 3.17. The highest BCUT2D eigenvalue weighted by Crippen LogP contribution is 2.39. The molecule has 0 spiro atoms. The lowest BCUT2D eigenvalue weighted by Gasteiger charge is -2.22. The third-order valence-corrected chi connectivity index (χ3v) is 4.33. The van der Waals surface area contributed by atoms with Crippen molar-refractivity contribution in [2.24, 2.45) is 11.8 Å². The van der Waals surface area contributed by atoms with Crippen LogP contribution in [-0.4, -0.2) is 13.1 Å². The molecule has 0 radical (unpaired) electrons. The Bertz CT molecular complexity index is 424. The summed E-state index contributed by atoms with van der Waals surface area (Å²) in [4.78, 5) is 1.87. The van der Waals surface area contributed by atoms with E-state index in [9.17, 15) is 8.78 Å². The lowest BCUT2D eigenvalue weighted by Crippen LogP contribution is -2.22. The summed E-state index contributed by atoms with van der Waals surface area (Å²) in [6, 6.07) is 2.42. The second-order valence-electron chi connectivity index (χ2n) is 5.54. The van der Waals surface area contributed by atoms with Gasteiger partial charge < -0.3 is 10.6 Å². The molecular weight excluding hydrogens is 234 g/mol. The minimum atomic E-state index is -0.536. The van der Waals surface area contributed by atoms with Crippen LogP contribution in [0.25, 0.3) is 0 Å². The third kappa shape index (κ3) is 1.93. The standard InChI is InChI=1S/C14H18F2N2/c15-12-5-11(17)6-13(16)14(12)18-7-9-3-1-2-4-10(9)8-18/h5-6,9-10H,1-4,7-8,17H2. The van der Waals surface area contributed by atoms with Crippen LogP contribution in [0.2, 0.25) is 0 Å². The average Bonchev–Trinajstić information content (AvgIpc) is 2.70. The molecule has 1 heterocycles. The Balaban J connectivity index is 1.88. The Morgan fingerprint density at radius 2 is 1.50 bits per heavy atom. The van der Waals surface area contributed by atoms with Crippen LogP contribution in [0.3, 0.4) is 0 Å². The quantitative estimate of drug-likeness (QED) is 0.778. The summed E-state index contributed by atoms with van der Waals surface area (Å²) in [6.07, 6.45) is 4.89. The summed E-state index contributed by atoms with van der Waals surface area (Å²) < 4.78 is 27.8. The maximum Gasteiger partial charge on any atom is 0.151 e. The van der Waals surface area contributed by atoms with Crippen molar-refractivity contribution in [3.05, 3.63) is 23.8 Å². The first-order valence-corrected chi connectivity index (χ1v) is 6.64. The molecule has 1 saturated carbocycles. The number of nitrogen functional groups attached to an aromatic ring is 1. The van der Waals surface area contributed by atoms with E-state index in [1.807, 2.05) is 4.90 Å². The van der Waals surface area contributed by atoms with Crippen molar-refractivity contribution in [1.29, 1.82) is 0 Å². The van der Waals surface area contributed by atoms with Gasteiger partial charge in [-0.05, 0) is 36.8 Å². The summed E-state index contributed by atoms with van der Waals surface area (Å²) in [6.45, 7) is 1.56. The van der Waals surface area contributed by atoms with Crippen molar-refractivity contribution in [3.8, 4) is 0 Å². The van der Waals surface area contributed by atoms with E-state index in [1.165, 1.54) is 37.8 Å². The number of halogens is 2. The van der Waals surface area contributed by atoms with Crippen LogP contribution >= 0.6 is 0 Å². The molecule has 18 heavy (non-hydrogen) atoms. The highest BCUT2D eigenvalue weighted by atomic mass is 19.1. The van der Waals surface area contributed by atoms with Crippen molar-refractivity contribution >= 4 is 11.4 Å². The number of benzene rings is 1. The second-order valence-corrected chi connectivity index (χ2v) is 5.54. The van der Waals surface area contributed by atoms with Gasteiger partial charge in [-0.15, -0.1) is 0 Å². The van der Waals surface area contributed by atoms with Crippen LogP contribution in [0.4, 0.5) is 20.2 Å². The Kier molecular flexibility index (Phi) is 2.88. The molecule has 3 rings (SSSR count). The molecule has 2 aliphatic rings. The maximum atomic E-state index is 13.9. The van der Waals surface area contributed by atoms with Crippen LogP contribution in [-0.2, 0) is 0 Å². The van der Waals surface area contributed by atoms with Crippen molar-refractivity contribution < 1.29 is 8.78 Å². The fourth-order valence-corrected chi connectivity index (χ4v) is 3.48. The first-order valence-electron chi connectivity index (χ1n) is 6.64. The molecule has 0 bridgehead atoms. The summed E-state index contributed by atoms with van der Waals surface area (Å²) in [7, 11) is 0. The van der Waals surface area contributed by atoms with E-state index in [4.69, 9.17) is 5.73 Å². The van der Waals surface area contributed by atoms with Crippen LogP contribution in [0.5, 0.6) is 0 Å². The number of nitrogens with two attached hydrogens (primary N) is 1. The van der Waals surface area contributed by atoms with Gasteiger partial charge in [-0.25, -0.2) is 8.78 Å². The predicted molar refractivity (Wildman–Crippen MR) is 68.4 cm³/mol. The van der Waals surface area contributed by atoms with Crippen LogP contribution in [0.15, 0.2) is 12.1 Å². The average molecular weight is 252 g/mol. The summed E-state index contributed by atoms with van der Waals surface area (Å²) in [5, 5.41) is 0. The van der Waals surface area contributed by atoms with Gasteiger partial charge in [0.1, 0.15) is 5.69 Å². The van der Waals surface area contributed by atoms with Gasteiger partial charge in [-0.2, -0.15) is 0 Å². The van der Waals surface area contributed by atoms with Gasteiger partial charge in [0.15, 0.2) is 11.6 Å². The fraction of sp³-hybridized carbons (Fsp3) is 0.571. The Hall–Kier alpha value is -1.32. The molecule has 1 aromatic rings. The molecular formula is C14H18F2N2. The summed E-state index contributed by atoms with van der Waals surface area (Å²) in [5.41, 5.74) is 5.70. The van der Waals surface area contributed by atoms with Crippen molar-refractivity contribution in [3.63, 3.8) is 0 Å². The minimum absolute atomic E-state index is 0.110. The molecule has 0 amide bonds. The number of hydrogen-bond donors (Lipinski definition) is 1. The van der Waals surface area contributed by atoms with Gasteiger partial charge in [-0.1, -0.05) is 12.8 Å². The molecule has 1 aliphatic heterocycles. The van der Waals surface area contributed by atoms with Crippen molar-refractivity contribution in [2.75, 3.05) is 23.7 Å². The van der Waals surface area contributed by atoms with E-state index in [-0.39, 0.29) is 11.4 Å². The second kappa shape index (κ2) is 4.41. The zero-order valence-corrected chi connectivity index (χ0v) is 10.3. The van der Waals surface area contributed by atoms with Gasteiger partial charge in [0.05, 0.1) is 0 Å². The minimum Gasteiger partial charge on any atom is -0.399 e. The number of rotatable bonds is 1. The zero-order chi connectivity index (χ0) is 12.7. The van der Waals surface area contributed by atoms with Crippen LogP contribution < -0.4 is 10.6 Å². The van der Waals surface area contributed by atoms with E-state index < -0.39 is 11.6 Å². The molecule has 2 atom stereocenters. The lowest BCUT2D eigenvalue weighted by molar-refractivity contribution is 0.299. The molecule has 1 aromatic carbocycles. The summed E-state index contributed by atoms with van der Waals surface area (Å²) >= 11 is 0. The molecule has 2 N–H and O–H groups in total. The Morgan fingerprint density at radius 3 is 2.00 bits per heavy atom. The van der Waals surface area contributed by atoms with Gasteiger partial charge in [0.25, 0.3) is 0 Å². The Morgan fingerprint density at radius 1 is 1.00 bits per heavy atom. The first kappa shape index (κ1) is 11.8. The topological polar surface area (TPSA) is 29.3 Å². The number of hydrogen-bond acceptors (Lipinski definition) is 2. The molecule has 98 valence electrons. The van der Waals surface area contributed by atoms with E-state index in [0.717, 1.165) is 13.1 Å². The highest BCUT2D eigenvalue weighted by molar-refractivity contribution is 5.56. The molecule has 2 fully saturated rings. The number of anilines is 2. The summed E-state index contributed by atoms with van der Waals surface area (Å²) in [5.74, 6) is 0.141. The normalized spacial score (nSPS) is 27.3. The lowest BCUT2D eigenvalue weighted by atomic mass is 9.82. The SMILES string of the molecule is Nc1cc(F)c(N2CC3CCCCC3C2)c(F)c1. The van der Waals surface area contributed by atoms with Crippen LogP contribution in [0.1, 0.15) is 25.7 Å².